The minimum Gasteiger partial charge on any atom is -0.397 e. The van der Waals surface area contributed by atoms with Crippen molar-refractivity contribution in [3.05, 3.63) is 59.7 Å². The maximum absolute atomic E-state index is 5.88. The Kier molecular flexibility index (Phi) is 4.61. The van der Waals surface area contributed by atoms with E-state index in [-0.39, 0.29) is 0 Å². The van der Waals surface area contributed by atoms with Gasteiger partial charge in [-0.1, -0.05) is 36.4 Å². The average molecular weight is 296 g/mol. The van der Waals surface area contributed by atoms with Crippen molar-refractivity contribution in [2.75, 3.05) is 37.6 Å². The molecule has 1 aliphatic heterocycles. The van der Waals surface area contributed by atoms with E-state index in [2.05, 4.69) is 46.2 Å². The largest absolute Gasteiger partial charge is 0.397 e. The van der Waals surface area contributed by atoms with Crippen LogP contribution in [-0.4, -0.2) is 36.0 Å². The third-order valence-electron chi connectivity index (χ3n) is 4.27. The highest BCUT2D eigenvalue weighted by molar-refractivity contribution is 5.63. The van der Waals surface area contributed by atoms with E-state index in [1.807, 2.05) is 12.1 Å². The van der Waals surface area contributed by atoms with Crippen LogP contribution in [0.1, 0.15) is 11.1 Å². The summed E-state index contributed by atoms with van der Waals surface area (Å²) < 4.78 is 0. The molecule has 0 atom stereocenters. The van der Waals surface area contributed by atoms with E-state index in [9.17, 15) is 0 Å². The lowest BCUT2D eigenvalue weighted by Gasteiger charge is -2.34. The lowest BCUT2D eigenvalue weighted by atomic mass is 10.1. The number of piperazine rings is 1. The molecule has 1 heterocycles. The summed E-state index contributed by atoms with van der Waals surface area (Å²) in [5, 5.41) is 0. The number of hydrogen-bond donors (Lipinski definition) is 2. The van der Waals surface area contributed by atoms with Crippen molar-refractivity contribution >= 4 is 11.4 Å². The van der Waals surface area contributed by atoms with Gasteiger partial charge in [-0.3, -0.25) is 9.80 Å². The van der Waals surface area contributed by atoms with Gasteiger partial charge >= 0.3 is 0 Å². The standard InChI is InChI=1S/C18H24N4/c19-17-7-6-16(12-18(17)20)14-22-10-8-21(9-11-22)13-15-4-2-1-3-5-15/h1-7,12H,8-11,13-14,19-20H2. The highest BCUT2D eigenvalue weighted by Gasteiger charge is 2.17. The number of rotatable bonds is 4. The van der Waals surface area contributed by atoms with Crippen molar-refractivity contribution in [1.29, 1.82) is 0 Å². The molecule has 1 saturated heterocycles. The molecule has 0 amide bonds. The molecule has 0 bridgehead atoms. The first kappa shape index (κ1) is 14.9. The van der Waals surface area contributed by atoms with E-state index in [4.69, 9.17) is 11.5 Å². The molecule has 0 aliphatic carbocycles. The highest BCUT2D eigenvalue weighted by atomic mass is 15.3. The van der Waals surface area contributed by atoms with Crippen molar-refractivity contribution in [3.63, 3.8) is 0 Å². The van der Waals surface area contributed by atoms with Crippen LogP contribution in [0.25, 0.3) is 0 Å². The second-order valence-electron chi connectivity index (χ2n) is 6.00. The van der Waals surface area contributed by atoms with Gasteiger partial charge in [-0.2, -0.15) is 0 Å². The van der Waals surface area contributed by atoms with Gasteiger partial charge in [-0.05, 0) is 23.3 Å². The predicted octanol–water partition coefficient (Wildman–Crippen LogP) is 2.17. The SMILES string of the molecule is Nc1ccc(CN2CCN(Cc3ccccc3)CC2)cc1N. The fraction of sp³-hybridized carbons (Fsp3) is 0.333. The van der Waals surface area contributed by atoms with Gasteiger partial charge in [0.05, 0.1) is 11.4 Å². The Hall–Kier alpha value is -2.04. The lowest BCUT2D eigenvalue weighted by Crippen LogP contribution is -2.45. The molecule has 0 saturated carbocycles. The smallest absolute Gasteiger partial charge is 0.0551 e. The summed E-state index contributed by atoms with van der Waals surface area (Å²) in [6, 6.07) is 16.6. The summed E-state index contributed by atoms with van der Waals surface area (Å²) in [4.78, 5) is 5.00. The highest BCUT2D eigenvalue weighted by Crippen LogP contribution is 2.18. The topological polar surface area (TPSA) is 58.5 Å². The zero-order valence-corrected chi connectivity index (χ0v) is 12.9. The Morgan fingerprint density at radius 2 is 1.27 bits per heavy atom. The molecule has 0 spiro atoms. The van der Waals surface area contributed by atoms with Gasteiger partial charge in [0.15, 0.2) is 0 Å². The zero-order valence-electron chi connectivity index (χ0n) is 12.9. The number of nitrogens with two attached hydrogens (primary N) is 2. The van der Waals surface area contributed by atoms with Crippen LogP contribution in [0.4, 0.5) is 11.4 Å². The van der Waals surface area contributed by atoms with Crippen LogP contribution in [0.2, 0.25) is 0 Å². The van der Waals surface area contributed by atoms with Gasteiger partial charge in [-0.25, -0.2) is 0 Å². The molecular weight excluding hydrogens is 272 g/mol. The summed E-state index contributed by atoms with van der Waals surface area (Å²) in [5.74, 6) is 0. The third kappa shape index (κ3) is 3.78. The minimum atomic E-state index is 0.663. The molecule has 4 nitrogen and oxygen atoms in total. The van der Waals surface area contributed by atoms with Crippen molar-refractivity contribution in [2.24, 2.45) is 0 Å². The fourth-order valence-electron chi connectivity index (χ4n) is 2.93. The molecule has 1 aliphatic rings. The Labute approximate surface area is 132 Å². The van der Waals surface area contributed by atoms with Crippen LogP contribution in [0.3, 0.4) is 0 Å². The maximum Gasteiger partial charge on any atom is 0.0551 e. The number of benzene rings is 2. The minimum absolute atomic E-state index is 0.663. The van der Waals surface area contributed by atoms with Crippen LogP contribution in [0.5, 0.6) is 0 Å². The number of nitrogens with zero attached hydrogens (tertiary/aromatic N) is 2. The third-order valence-corrected chi connectivity index (χ3v) is 4.27. The van der Waals surface area contributed by atoms with Crippen LogP contribution < -0.4 is 11.5 Å². The number of anilines is 2. The summed E-state index contributed by atoms with van der Waals surface area (Å²) in [6.45, 7) is 6.40. The van der Waals surface area contributed by atoms with Gasteiger partial charge in [0.2, 0.25) is 0 Å². The molecule has 4 heteroatoms. The molecule has 1 fully saturated rings. The van der Waals surface area contributed by atoms with Gasteiger partial charge in [-0.15, -0.1) is 0 Å². The maximum atomic E-state index is 5.88. The normalized spacial score (nSPS) is 16.7. The molecule has 0 unspecified atom stereocenters. The average Bonchev–Trinajstić information content (AvgIpc) is 2.54. The molecule has 4 N–H and O–H groups in total. The Bertz CT molecular complexity index is 604. The Morgan fingerprint density at radius 3 is 1.86 bits per heavy atom. The van der Waals surface area contributed by atoms with Gasteiger partial charge in [0.25, 0.3) is 0 Å². The van der Waals surface area contributed by atoms with Gasteiger partial charge < -0.3 is 11.5 Å². The molecule has 0 aromatic heterocycles. The van der Waals surface area contributed by atoms with Crippen molar-refractivity contribution in [3.8, 4) is 0 Å². The van der Waals surface area contributed by atoms with Crippen LogP contribution in [-0.2, 0) is 13.1 Å². The molecule has 2 aromatic rings. The second kappa shape index (κ2) is 6.81. The van der Waals surface area contributed by atoms with Crippen molar-refractivity contribution in [2.45, 2.75) is 13.1 Å². The van der Waals surface area contributed by atoms with Crippen LogP contribution >= 0.6 is 0 Å². The molecule has 22 heavy (non-hydrogen) atoms. The quantitative estimate of drug-likeness (QED) is 0.849. The first-order valence-corrected chi connectivity index (χ1v) is 7.83. The van der Waals surface area contributed by atoms with Crippen LogP contribution in [0, 0.1) is 0 Å². The molecule has 0 radical (unpaired) electrons. The molecule has 2 aromatic carbocycles. The predicted molar refractivity (Wildman–Crippen MR) is 92.3 cm³/mol. The van der Waals surface area contributed by atoms with Crippen LogP contribution in [0.15, 0.2) is 48.5 Å². The summed E-state index contributed by atoms with van der Waals surface area (Å²) in [6.07, 6.45) is 0. The van der Waals surface area contributed by atoms with Gasteiger partial charge in [0.1, 0.15) is 0 Å². The van der Waals surface area contributed by atoms with Crippen molar-refractivity contribution in [1.82, 2.24) is 9.80 Å². The monoisotopic (exact) mass is 296 g/mol. The molecule has 116 valence electrons. The number of nitrogen functional groups attached to an aromatic ring is 2. The Balaban J connectivity index is 1.50. The van der Waals surface area contributed by atoms with Gasteiger partial charge in [0, 0.05) is 39.3 Å². The first-order valence-electron chi connectivity index (χ1n) is 7.83. The molecular formula is C18H24N4. The summed E-state index contributed by atoms with van der Waals surface area (Å²) >= 11 is 0. The summed E-state index contributed by atoms with van der Waals surface area (Å²) in [5.41, 5.74) is 15.6. The number of hydrogen-bond acceptors (Lipinski definition) is 4. The second-order valence-corrected chi connectivity index (χ2v) is 6.00. The van der Waals surface area contributed by atoms with E-state index < -0.39 is 0 Å². The lowest BCUT2D eigenvalue weighted by molar-refractivity contribution is 0.122. The van der Waals surface area contributed by atoms with E-state index in [0.717, 1.165) is 39.3 Å². The van der Waals surface area contributed by atoms with E-state index in [1.54, 1.807) is 0 Å². The van der Waals surface area contributed by atoms with E-state index >= 15 is 0 Å². The van der Waals surface area contributed by atoms with E-state index in [1.165, 1.54) is 11.1 Å². The summed E-state index contributed by atoms with van der Waals surface area (Å²) in [7, 11) is 0. The fourth-order valence-corrected chi connectivity index (χ4v) is 2.93. The first-order chi connectivity index (χ1) is 10.7. The van der Waals surface area contributed by atoms with E-state index in [0.29, 0.717) is 11.4 Å². The Morgan fingerprint density at radius 1 is 0.682 bits per heavy atom. The zero-order chi connectivity index (χ0) is 15.4. The molecule has 3 rings (SSSR count). The van der Waals surface area contributed by atoms with Crippen molar-refractivity contribution < 1.29 is 0 Å².